The predicted molar refractivity (Wildman–Crippen MR) is 107 cm³/mol. The Morgan fingerprint density at radius 3 is 2.90 bits per heavy atom. The smallest absolute Gasteiger partial charge is 0.491 e. The first-order valence-corrected chi connectivity index (χ1v) is 10.7. The van der Waals surface area contributed by atoms with Gasteiger partial charge in [0, 0.05) is 23.7 Å². The van der Waals surface area contributed by atoms with Crippen molar-refractivity contribution in [2.45, 2.75) is 16.7 Å². The molecule has 1 fully saturated rings. The first-order chi connectivity index (χ1) is 14.2. The van der Waals surface area contributed by atoms with Gasteiger partial charge in [-0.2, -0.15) is 0 Å². The zero-order chi connectivity index (χ0) is 21.7. The predicted octanol–water partition coefficient (Wildman–Crippen LogP) is 3.90. The molecule has 2 aromatic rings. The first kappa shape index (κ1) is 22.4. The van der Waals surface area contributed by atoms with Crippen molar-refractivity contribution in [2.75, 3.05) is 25.5 Å². The number of alkyl halides is 3. The number of thioether (sulfide) groups is 1. The number of carboxylic acids is 1. The fraction of sp³-hybridized carbons (Fsp3) is 0.353. The Balaban J connectivity index is 1.51. The number of halogens is 3. The van der Waals surface area contributed by atoms with Crippen molar-refractivity contribution in [3.8, 4) is 11.5 Å². The maximum atomic E-state index is 12.3. The molecule has 1 aliphatic rings. The van der Waals surface area contributed by atoms with Crippen molar-refractivity contribution in [1.82, 2.24) is 9.88 Å². The highest BCUT2D eigenvalue weighted by molar-refractivity contribution is 8.01. The Morgan fingerprint density at radius 1 is 1.43 bits per heavy atom. The Morgan fingerprint density at radius 2 is 2.20 bits per heavy atom. The van der Waals surface area contributed by atoms with Crippen molar-refractivity contribution >= 4 is 46.5 Å². The van der Waals surface area contributed by atoms with Gasteiger partial charge in [-0.25, -0.2) is 9.78 Å². The van der Waals surface area contributed by atoms with Crippen LogP contribution in [0.2, 0.25) is 0 Å². The number of thiocarbonyl (C=S) groups is 1. The lowest BCUT2D eigenvalue weighted by Crippen LogP contribution is -2.39. The molecule has 0 unspecified atom stereocenters. The SMILES string of the molecule is O=C(O)c1csc(SCCN2C(=S)OC[C@@H]2COc2cccc(OC(F)(F)F)c2)n1. The molecule has 162 valence electrons. The van der Waals surface area contributed by atoms with Gasteiger partial charge in [0.2, 0.25) is 0 Å². The van der Waals surface area contributed by atoms with E-state index in [1.54, 1.807) is 0 Å². The highest BCUT2D eigenvalue weighted by Gasteiger charge is 2.32. The van der Waals surface area contributed by atoms with Gasteiger partial charge in [0.05, 0.1) is 0 Å². The molecular formula is C17H15F3N2O5S3. The molecule has 7 nitrogen and oxygen atoms in total. The van der Waals surface area contributed by atoms with E-state index in [1.165, 1.54) is 46.7 Å². The van der Waals surface area contributed by atoms with Crippen LogP contribution in [-0.4, -0.2) is 64.0 Å². The second-order valence-corrected chi connectivity index (χ2v) is 8.46. The fourth-order valence-corrected chi connectivity index (χ4v) is 4.63. The molecule has 1 aromatic carbocycles. The van der Waals surface area contributed by atoms with Crippen LogP contribution < -0.4 is 9.47 Å². The zero-order valence-electron chi connectivity index (χ0n) is 15.1. The van der Waals surface area contributed by atoms with Gasteiger partial charge >= 0.3 is 12.3 Å². The minimum Gasteiger partial charge on any atom is -0.491 e. The number of hydrogen-bond donors (Lipinski definition) is 1. The molecule has 1 aromatic heterocycles. The summed E-state index contributed by atoms with van der Waals surface area (Å²) in [5.74, 6) is -0.626. The molecule has 0 bridgehead atoms. The van der Waals surface area contributed by atoms with Gasteiger partial charge in [0.25, 0.3) is 5.17 Å². The molecule has 3 rings (SSSR count). The van der Waals surface area contributed by atoms with E-state index in [0.717, 1.165) is 6.07 Å². The minimum absolute atomic E-state index is 0.00513. The fourth-order valence-electron chi connectivity index (χ4n) is 2.51. The molecule has 1 saturated heterocycles. The van der Waals surface area contributed by atoms with Crippen LogP contribution in [0.25, 0.3) is 0 Å². The molecule has 13 heteroatoms. The lowest BCUT2D eigenvalue weighted by molar-refractivity contribution is -0.274. The number of hydrogen-bond acceptors (Lipinski definition) is 8. The quantitative estimate of drug-likeness (QED) is 0.425. The summed E-state index contributed by atoms with van der Waals surface area (Å²) in [6, 6.07) is 5.06. The van der Waals surface area contributed by atoms with E-state index >= 15 is 0 Å². The van der Waals surface area contributed by atoms with E-state index in [9.17, 15) is 18.0 Å². The maximum Gasteiger partial charge on any atom is 0.573 e. The third-order valence-corrected chi connectivity index (χ3v) is 6.17. The summed E-state index contributed by atoms with van der Waals surface area (Å²) in [5.41, 5.74) is 0.00513. The molecule has 0 radical (unpaired) electrons. The van der Waals surface area contributed by atoms with Crippen LogP contribution in [0.5, 0.6) is 11.5 Å². The summed E-state index contributed by atoms with van der Waals surface area (Å²) < 4.78 is 52.6. The molecule has 2 heterocycles. The monoisotopic (exact) mass is 480 g/mol. The Kier molecular flexibility index (Phi) is 7.26. The van der Waals surface area contributed by atoms with Gasteiger partial charge in [0.1, 0.15) is 30.8 Å². The summed E-state index contributed by atoms with van der Waals surface area (Å²) in [6.07, 6.45) is -4.78. The lowest BCUT2D eigenvalue weighted by atomic mass is 10.3. The van der Waals surface area contributed by atoms with Crippen LogP contribution in [0, 0.1) is 0 Å². The van der Waals surface area contributed by atoms with Crippen LogP contribution in [0.3, 0.4) is 0 Å². The first-order valence-electron chi connectivity index (χ1n) is 8.45. The highest BCUT2D eigenvalue weighted by Crippen LogP contribution is 2.27. The number of carboxylic acid groups (broad SMARTS) is 1. The third-order valence-electron chi connectivity index (χ3n) is 3.82. The number of nitrogens with zero attached hydrogens (tertiary/aromatic N) is 2. The van der Waals surface area contributed by atoms with Gasteiger partial charge in [-0.05, 0) is 24.4 Å². The molecule has 0 amide bonds. The van der Waals surface area contributed by atoms with Gasteiger partial charge in [0.15, 0.2) is 10.0 Å². The number of ether oxygens (including phenoxy) is 3. The van der Waals surface area contributed by atoms with E-state index in [-0.39, 0.29) is 29.8 Å². The molecule has 0 aliphatic carbocycles. The van der Waals surface area contributed by atoms with Crippen molar-refractivity contribution in [2.24, 2.45) is 0 Å². The molecule has 1 N–H and O–H groups in total. The summed E-state index contributed by atoms with van der Waals surface area (Å²) in [7, 11) is 0. The van der Waals surface area contributed by atoms with Crippen LogP contribution in [0.1, 0.15) is 10.5 Å². The van der Waals surface area contributed by atoms with Crippen LogP contribution in [0.4, 0.5) is 13.2 Å². The van der Waals surface area contributed by atoms with E-state index in [1.807, 2.05) is 4.90 Å². The second-order valence-electron chi connectivity index (χ2n) is 5.91. The molecular weight excluding hydrogens is 465 g/mol. The van der Waals surface area contributed by atoms with E-state index in [4.69, 9.17) is 26.8 Å². The average Bonchev–Trinajstić information content (AvgIpc) is 3.27. The third kappa shape index (κ3) is 6.37. The van der Waals surface area contributed by atoms with E-state index < -0.39 is 12.3 Å². The van der Waals surface area contributed by atoms with Crippen molar-refractivity contribution < 1.29 is 37.3 Å². The van der Waals surface area contributed by atoms with Gasteiger partial charge in [-0.15, -0.1) is 24.5 Å². The number of carbonyl (C=O) groups is 1. The van der Waals surface area contributed by atoms with Crippen LogP contribution >= 0.6 is 35.3 Å². The highest BCUT2D eigenvalue weighted by atomic mass is 32.2. The number of thiazole rings is 1. The van der Waals surface area contributed by atoms with Gasteiger partial charge in [-0.3, -0.25) is 0 Å². The molecule has 30 heavy (non-hydrogen) atoms. The normalized spacial score (nSPS) is 16.4. The van der Waals surface area contributed by atoms with Crippen LogP contribution in [-0.2, 0) is 4.74 Å². The number of aromatic carboxylic acids is 1. The van der Waals surface area contributed by atoms with E-state index in [0.29, 0.717) is 28.4 Å². The summed E-state index contributed by atoms with van der Waals surface area (Å²) >= 11 is 7.84. The van der Waals surface area contributed by atoms with Crippen molar-refractivity contribution in [3.63, 3.8) is 0 Å². The number of rotatable bonds is 9. The second kappa shape index (κ2) is 9.71. The summed E-state index contributed by atoms with van der Waals surface area (Å²) in [5, 5.41) is 10.7. The summed E-state index contributed by atoms with van der Waals surface area (Å²) in [4.78, 5) is 16.7. The van der Waals surface area contributed by atoms with Crippen molar-refractivity contribution in [3.05, 3.63) is 35.3 Å². The topological polar surface area (TPSA) is 81.1 Å². The largest absolute Gasteiger partial charge is 0.573 e. The van der Waals surface area contributed by atoms with E-state index in [2.05, 4.69) is 9.72 Å². The molecule has 1 aliphatic heterocycles. The maximum absolute atomic E-state index is 12.3. The minimum atomic E-state index is -4.78. The number of benzene rings is 1. The standard InChI is InChI=1S/C17H15F3N2O5S3/c18-17(19,20)27-12-3-1-2-11(6-12)25-7-10-8-26-16(28)22(10)4-5-29-15-21-13(9-30-15)14(23)24/h1-3,6,9-10H,4-5,7-8H2,(H,23,24)/t10-/m0/s1. The summed E-state index contributed by atoms with van der Waals surface area (Å²) in [6.45, 7) is 0.958. The zero-order valence-corrected chi connectivity index (χ0v) is 17.6. The molecule has 0 saturated carbocycles. The Labute approximate surface area is 182 Å². The van der Waals surface area contributed by atoms with Gasteiger partial charge < -0.3 is 24.2 Å². The molecule has 0 spiro atoms. The molecule has 1 atom stereocenters. The Hall–Kier alpha value is -2.25. The number of aromatic nitrogens is 1. The lowest BCUT2D eigenvalue weighted by Gasteiger charge is -2.23. The van der Waals surface area contributed by atoms with Crippen molar-refractivity contribution in [1.29, 1.82) is 0 Å². The average molecular weight is 481 g/mol. The van der Waals surface area contributed by atoms with Crippen LogP contribution in [0.15, 0.2) is 34.0 Å². The Bertz CT molecular complexity index is 909. The van der Waals surface area contributed by atoms with Gasteiger partial charge in [-0.1, -0.05) is 17.8 Å².